The molecule has 3 aromatic carbocycles. The number of aromatic nitrogens is 4. The molecule has 4 aromatic rings. The Hall–Kier alpha value is -4.40. The van der Waals surface area contributed by atoms with Gasteiger partial charge in [0.25, 0.3) is 5.91 Å². The lowest BCUT2D eigenvalue weighted by Crippen LogP contribution is -2.51. The van der Waals surface area contributed by atoms with E-state index in [0.29, 0.717) is 17.9 Å². The quantitative estimate of drug-likeness (QED) is 0.371. The van der Waals surface area contributed by atoms with Crippen molar-refractivity contribution >= 4 is 17.5 Å². The summed E-state index contributed by atoms with van der Waals surface area (Å²) in [5.41, 5.74) is 4.16. The molecule has 37 heavy (non-hydrogen) atoms. The number of halogens is 1. The first-order valence-electron chi connectivity index (χ1n) is 12.1. The Kier molecular flexibility index (Phi) is 8.02. The fraction of sp³-hybridized carbons (Fsp3) is 0.250. The first kappa shape index (κ1) is 25.7. The molecule has 0 aliphatic carbocycles. The van der Waals surface area contributed by atoms with Crippen molar-refractivity contribution in [2.24, 2.45) is 0 Å². The van der Waals surface area contributed by atoms with Crippen molar-refractivity contribution in [3.63, 3.8) is 0 Å². The van der Waals surface area contributed by atoms with Crippen molar-refractivity contribution in [3.05, 3.63) is 95.3 Å². The zero-order valence-corrected chi connectivity index (χ0v) is 21.1. The molecule has 1 N–H and O–H groups in total. The molecule has 0 saturated carbocycles. The lowest BCUT2D eigenvalue weighted by molar-refractivity contribution is -0.127. The predicted molar refractivity (Wildman–Crippen MR) is 139 cm³/mol. The summed E-state index contributed by atoms with van der Waals surface area (Å²) >= 11 is 0. The molecule has 8 nitrogen and oxygen atoms in total. The van der Waals surface area contributed by atoms with Gasteiger partial charge >= 0.3 is 0 Å². The minimum absolute atomic E-state index is 0.186. The molecule has 1 atom stereocenters. The maximum Gasteiger partial charge on any atom is 0.251 e. The monoisotopic (exact) mass is 500 g/mol. The molecular formula is C28H29FN6O2. The molecule has 1 unspecified atom stereocenters. The first-order valence-corrected chi connectivity index (χ1v) is 12.1. The normalized spacial score (nSPS) is 11.7. The minimum atomic E-state index is -0.769. The van der Waals surface area contributed by atoms with Crippen LogP contribution in [0.25, 0.3) is 11.4 Å². The molecule has 1 aromatic heterocycles. The second kappa shape index (κ2) is 11.6. The van der Waals surface area contributed by atoms with Crippen LogP contribution < -0.4 is 10.2 Å². The molecule has 0 saturated heterocycles. The number of anilines is 1. The Morgan fingerprint density at radius 3 is 2.38 bits per heavy atom. The van der Waals surface area contributed by atoms with Gasteiger partial charge in [-0.3, -0.25) is 14.5 Å². The molecular weight excluding hydrogens is 471 g/mol. The number of rotatable bonds is 9. The molecule has 0 radical (unpaired) electrons. The third kappa shape index (κ3) is 6.24. The maximum atomic E-state index is 13.6. The third-order valence-electron chi connectivity index (χ3n) is 6.06. The van der Waals surface area contributed by atoms with Crippen LogP contribution in [0, 0.1) is 19.7 Å². The summed E-state index contributed by atoms with van der Waals surface area (Å²) in [5.74, 6) is -0.578. The van der Waals surface area contributed by atoms with Crippen LogP contribution in [0.15, 0.2) is 72.8 Å². The Labute approximate surface area is 215 Å². The van der Waals surface area contributed by atoms with E-state index >= 15 is 0 Å². The summed E-state index contributed by atoms with van der Waals surface area (Å²) in [4.78, 5) is 29.7. The second-order valence-corrected chi connectivity index (χ2v) is 8.83. The van der Waals surface area contributed by atoms with E-state index in [1.807, 2.05) is 69.3 Å². The summed E-state index contributed by atoms with van der Waals surface area (Å²) < 4.78 is 13.2. The number of hydrogen-bond donors (Lipinski definition) is 1. The molecule has 1 heterocycles. The number of carbonyl (C=O) groups is 2. The summed E-state index contributed by atoms with van der Waals surface area (Å²) in [6, 6.07) is 20.3. The van der Waals surface area contributed by atoms with Gasteiger partial charge in [-0.15, -0.1) is 10.2 Å². The van der Waals surface area contributed by atoms with Crippen LogP contribution >= 0.6 is 0 Å². The van der Waals surface area contributed by atoms with Gasteiger partial charge in [0.05, 0.1) is 0 Å². The van der Waals surface area contributed by atoms with Crippen molar-refractivity contribution in [1.29, 1.82) is 0 Å². The maximum absolute atomic E-state index is 13.6. The van der Waals surface area contributed by atoms with Crippen LogP contribution in [0.4, 0.5) is 10.1 Å². The molecule has 0 aliphatic rings. The number of para-hydroxylation sites is 1. The van der Waals surface area contributed by atoms with Crippen molar-refractivity contribution in [1.82, 2.24) is 25.5 Å². The van der Waals surface area contributed by atoms with E-state index in [1.54, 1.807) is 12.1 Å². The number of nitrogens with one attached hydrogen (secondary N) is 1. The Morgan fingerprint density at radius 2 is 1.70 bits per heavy atom. The number of benzene rings is 3. The van der Waals surface area contributed by atoms with Gasteiger partial charge in [-0.1, -0.05) is 67.1 Å². The Morgan fingerprint density at radius 1 is 1.00 bits per heavy atom. The summed E-state index contributed by atoms with van der Waals surface area (Å²) in [5, 5.41) is 15.4. The zero-order valence-electron chi connectivity index (χ0n) is 21.1. The standard InChI is InChI=1S/C28H29FN6O2/c1-4-24(28(37)30-17-21-11-15-23(29)16-12-21)35(25-8-6-5-7-20(25)3)26(36)18-34-32-27(31-33-34)22-13-9-19(2)10-14-22/h5-16,24H,4,17-18H2,1-3H3,(H,30,37). The van der Waals surface area contributed by atoms with E-state index < -0.39 is 6.04 Å². The smallest absolute Gasteiger partial charge is 0.251 e. The summed E-state index contributed by atoms with van der Waals surface area (Å²) in [6.45, 7) is 5.77. The van der Waals surface area contributed by atoms with Crippen LogP contribution in [0.5, 0.6) is 0 Å². The number of aryl methyl sites for hydroxylation is 2. The van der Waals surface area contributed by atoms with Gasteiger partial charge in [0.1, 0.15) is 18.4 Å². The molecule has 2 amide bonds. The average Bonchev–Trinajstić information content (AvgIpc) is 3.36. The number of tetrazole rings is 1. The highest BCUT2D eigenvalue weighted by atomic mass is 19.1. The van der Waals surface area contributed by atoms with E-state index in [-0.39, 0.29) is 30.7 Å². The van der Waals surface area contributed by atoms with Crippen LogP contribution in [0.3, 0.4) is 0 Å². The van der Waals surface area contributed by atoms with Gasteiger partial charge in [-0.05, 0) is 54.8 Å². The van der Waals surface area contributed by atoms with Crippen molar-refractivity contribution in [2.45, 2.75) is 46.3 Å². The van der Waals surface area contributed by atoms with E-state index in [4.69, 9.17) is 0 Å². The number of carbonyl (C=O) groups excluding carboxylic acids is 2. The Bertz CT molecular complexity index is 1370. The molecule has 0 bridgehead atoms. The Balaban J connectivity index is 1.56. The largest absolute Gasteiger partial charge is 0.350 e. The van der Waals surface area contributed by atoms with Crippen molar-refractivity contribution in [2.75, 3.05) is 4.90 Å². The lowest BCUT2D eigenvalue weighted by atomic mass is 10.1. The van der Waals surface area contributed by atoms with Gasteiger partial charge in [-0.2, -0.15) is 4.80 Å². The summed E-state index contributed by atoms with van der Waals surface area (Å²) in [6.07, 6.45) is 0.384. The molecule has 190 valence electrons. The van der Waals surface area contributed by atoms with Gasteiger partial charge in [0.15, 0.2) is 0 Å². The van der Waals surface area contributed by atoms with E-state index in [0.717, 1.165) is 22.3 Å². The first-order chi connectivity index (χ1) is 17.9. The van der Waals surface area contributed by atoms with E-state index in [1.165, 1.54) is 21.8 Å². The molecule has 4 rings (SSSR count). The van der Waals surface area contributed by atoms with Crippen LogP contribution in [0.2, 0.25) is 0 Å². The van der Waals surface area contributed by atoms with E-state index in [2.05, 4.69) is 20.7 Å². The highest BCUT2D eigenvalue weighted by molar-refractivity contribution is 6.01. The highest BCUT2D eigenvalue weighted by Crippen LogP contribution is 2.24. The average molecular weight is 501 g/mol. The lowest BCUT2D eigenvalue weighted by Gasteiger charge is -2.31. The van der Waals surface area contributed by atoms with Gasteiger partial charge < -0.3 is 5.32 Å². The molecule has 9 heteroatoms. The SMILES string of the molecule is CCC(C(=O)NCc1ccc(F)cc1)N(C(=O)Cn1nnc(-c2ccc(C)cc2)n1)c1ccccc1C. The van der Waals surface area contributed by atoms with Crippen LogP contribution in [-0.4, -0.2) is 38.1 Å². The zero-order chi connectivity index (χ0) is 26.4. The number of nitrogens with zero attached hydrogens (tertiary/aromatic N) is 5. The highest BCUT2D eigenvalue weighted by Gasteiger charge is 2.31. The van der Waals surface area contributed by atoms with E-state index in [9.17, 15) is 14.0 Å². The van der Waals surface area contributed by atoms with Gasteiger partial charge in [0, 0.05) is 17.8 Å². The topological polar surface area (TPSA) is 93.0 Å². The third-order valence-corrected chi connectivity index (χ3v) is 6.06. The molecule has 0 fully saturated rings. The summed E-state index contributed by atoms with van der Waals surface area (Å²) in [7, 11) is 0. The van der Waals surface area contributed by atoms with Crippen molar-refractivity contribution < 1.29 is 14.0 Å². The fourth-order valence-corrected chi connectivity index (χ4v) is 4.03. The molecule has 0 spiro atoms. The molecule has 0 aliphatic heterocycles. The van der Waals surface area contributed by atoms with Gasteiger partial charge in [0.2, 0.25) is 11.7 Å². The fourth-order valence-electron chi connectivity index (χ4n) is 4.03. The second-order valence-electron chi connectivity index (χ2n) is 8.83. The number of amides is 2. The predicted octanol–water partition coefficient (Wildman–Crippen LogP) is 4.22. The minimum Gasteiger partial charge on any atom is -0.350 e. The van der Waals surface area contributed by atoms with Crippen molar-refractivity contribution in [3.8, 4) is 11.4 Å². The van der Waals surface area contributed by atoms with Crippen LogP contribution in [0.1, 0.15) is 30.0 Å². The van der Waals surface area contributed by atoms with Gasteiger partial charge in [-0.25, -0.2) is 4.39 Å². The van der Waals surface area contributed by atoms with Crippen LogP contribution in [-0.2, 0) is 22.7 Å². The number of hydrogen-bond acceptors (Lipinski definition) is 5.